The van der Waals surface area contributed by atoms with Gasteiger partial charge >= 0.3 is 5.97 Å². The smallest absolute Gasteiger partial charge is 0.331 e. The van der Waals surface area contributed by atoms with Crippen molar-refractivity contribution < 1.29 is 38.0 Å². The molecule has 246 valence electrons. The average Bonchev–Trinajstić information content (AvgIpc) is 3.11. The van der Waals surface area contributed by atoms with E-state index in [4.69, 9.17) is 28.4 Å². The number of esters is 1. The molecule has 1 heterocycles. The van der Waals surface area contributed by atoms with E-state index in [0.29, 0.717) is 0 Å². The lowest BCUT2D eigenvalue weighted by atomic mass is 9.92. The van der Waals surface area contributed by atoms with E-state index in [1.54, 1.807) is 0 Å². The molecule has 1 N–H and O–H groups in total. The van der Waals surface area contributed by atoms with Gasteiger partial charge in [-0.2, -0.15) is 0 Å². The lowest BCUT2D eigenvalue weighted by Gasteiger charge is -2.47. The Balaban J connectivity index is 1.49. The maximum Gasteiger partial charge on any atom is 0.331 e. The van der Waals surface area contributed by atoms with Crippen molar-refractivity contribution in [3.63, 3.8) is 0 Å². The monoisotopic (exact) mass is 639 g/mol. The third-order valence-electron chi connectivity index (χ3n) is 7.78. The van der Waals surface area contributed by atoms with Gasteiger partial charge in [0.25, 0.3) is 0 Å². The second-order valence-electron chi connectivity index (χ2n) is 11.3. The molecule has 0 aromatic heterocycles. The number of hydrogen-bond donors (Lipinski definition) is 1. The number of benzene rings is 4. The first-order valence-corrected chi connectivity index (χ1v) is 15.6. The van der Waals surface area contributed by atoms with Gasteiger partial charge in [0.15, 0.2) is 12.3 Å². The van der Waals surface area contributed by atoms with Crippen LogP contribution in [0.25, 0.3) is 0 Å². The third kappa shape index (κ3) is 9.81. The van der Waals surface area contributed by atoms with Gasteiger partial charge in [0, 0.05) is 14.0 Å². The summed E-state index contributed by atoms with van der Waals surface area (Å²) in [6.45, 7) is 2.02. The number of amides is 1. The maximum absolute atomic E-state index is 13.8. The molecule has 0 aliphatic carbocycles. The Morgan fingerprint density at radius 2 is 1.02 bits per heavy atom. The highest BCUT2D eigenvalue weighted by Gasteiger charge is 2.53. The first-order chi connectivity index (χ1) is 23.0. The Morgan fingerprint density at radius 1 is 0.617 bits per heavy atom. The molecular formula is C38H41NO8. The maximum atomic E-state index is 13.8. The highest BCUT2D eigenvalue weighted by atomic mass is 16.7. The van der Waals surface area contributed by atoms with Crippen molar-refractivity contribution in [3.05, 3.63) is 144 Å². The van der Waals surface area contributed by atoms with Crippen LogP contribution in [0, 0.1) is 0 Å². The summed E-state index contributed by atoms with van der Waals surface area (Å²) >= 11 is 0. The summed E-state index contributed by atoms with van der Waals surface area (Å²) in [5, 5.41) is 2.76. The number of ether oxygens (including phenoxy) is 6. The van der Waals surface area contributed by atoms with Gasteiger partial charge in [-0.25, -0.2) is 4.79 Å². The highest BCUT2D eigenvalue weighted by Crippen LogP contribution is 2.33. The zero-order valence-corrected chi connectivity index (χ0v) is 26.6. The molecule has 9 heteroatoms. The number of carbonyl (C=O) groups is 2. The molecule has 0 spiro atoms. The Morgan fingerprint density at radius 3 is 1.45 bits per heavy atom. The first kappa shape index (κ1) is 34.0. The summed E-state index contributed by atoms with van der Waals surface area (Å²) in [5.74, 6) is -1.11. The summed E-state index contributed by atoms with van der Waals surface area (Å²) in [4.78, 5) is 26.3. The van der Waals surface area contributed by atoms with Crippen LogP contribution in [0.5, 0.6) is 0 Å². The van der Waals surface area contributed by atoms with Crippen LogP contribution in [0.1, 0.15) is 29.2 Å². The SMILES string of the molecule is CO[C@H]1O[C@H]([C@@H](NC(C)=O)C(=O)OCc2ccccc2)[C@@H](OCc2ccccc2)[C@H](OCc2ccccc2)[C@H]1OCc1ccccc1. The largest absolute Gasteiger partial charge is 0.459 e. The highest BCUT2D eigenvalue weighted by molar-refractivity contribution is 5.84. The molecule has 4 aromatic rings. The van der Waals surface area contributed by atoms with E-state index in [2.05, 4.69) is 5.32 Å². The summed E-state index contributed by atoms with van der Waals surface area (Å²) in [6.07, 6.45) is -4.48. The molecule has 0 saturated carbocycles. The van der Waals surface area contributed by atoms with Crippen LogP contribution in [0.15, 0.2) is 121 Å². The molecule has 0 radical (unpaired) electrons. The predicted molar refractivity (Wildman–Crippen MR) is 175 cm³/mol. The van der Waals surface area contributed by atoms with Crippen molar-refractivity contribution in [1.82, 2.24) is 5.32 Å². The minimum absolute atomic E-state index is 0.0163. The Kier molecular flexibility index (Phi) is 12.7. The van der Waals surface area contributed by atoms with Crippen LogP contribution in [0.3, 0.4) is 0 Å². The van der Waals surface area contributed by atoms with Gasteiger partial charge in [-0.15, -0.1) is 0 Å². The number of carbonyl (C=O) groups excluding carboxylic acids is 2. The molecule has 9 nitrogen and oxygen atoms in total. The van der Waals surface area contributed by atoms with Gasteiger partial charge in [-0.1, -0.05) is 121 Å². The summed E-state index contributed by atoms with van der Waals surface area (Å²) in [6, 6.07) is 37.2. The second kappa shape index (κ2) is 17.5. The predicted octanol–water partition coefficient (Wildman–Crippen LogP) is 5.36. The zero-order valence-electron chi connectivity index (χ0n) is 26.6. The van der Waals surface area contributed by atoms with E-state index in [1.165, 1.54) is 14.0 Å². The fraction of sp³-hybridized carbons (Fsp3) is 0.316. The Bertz CT molecular complexity index is 1510. The summed E-state index contributed by atoms with van der Waals surface area (Å²) in [7, 11) is 1.50. The average molecular weight is 640 g/mol. The van der Waals surface area contributed by atoms with Crippen LogP contribution in [0.4, 0.5) is 0 Å². The number of methoxy groups -OCH3 is 1. The second-order valence-corrected chi connectivity index (χ2v) is 11.3. The molecule has 6 atom stereocenters. The minimum Gasteiger partial charge on any atom is -0.459 e. The normalized spacial score (nSPS) is 21.4. The molecular weight excluding hydrogens is 598 g/mol. The lowest BCUT2D eigenvalue weighted by molar-refractivity contribution is -0.320. The van der Waals surface area contributed by atoms with Crippen LogP contribution in [0.2, 0.25) is 0 Å². The third-order valence-corrected chi connectivity index (χ3v) is 7.78. The quantitative estimate of drug-likeness (QED) is 0.174. The van der Waals surface area contributed by atoms with E-state index in [1.807, 2.05) is 121 Å². The molecule has 5 rings (SSSR count). The van der Waals surface area contributed by atoms with Crippen molar-refractivity contribution in [3.8, 4) is 0 Å². The van der Waals surface area contributed by atoms with Crippen molar-refractivity contribution in [2.75, 3.05) is 7.11 Å². The van der Waals surface area contributed by atoms with E-state index in [0.717, 1.165) is 22.3 Å². The van der Waals surface area contributed by atoms with Gasteiger partial charge < -0.3 is 33.7 Å². The molecule has 1 saturated heterocycles. The van der Waals surface area contributed by atoms with Gasteiger partial charge in [0.1, 0.15) is 31.0 Å². The molecule has 1 aliphatic heterocycles. The molecule has 0 bridgehead atoms. The van der Waals surface area contributed by atoms with Gasteiger partial charge in [-0.05, 0) is 22.3 Å². The standard InChI is InChI=1S/C38H41NO8/c1-27(40)39-32(37(41)46-26-31-21-13-6-14-22-31)33-34(43-23-28-15-7-3-8-16-28)35(44-24-29-17-9-4-10-18-29)36(38(42-2)47-33)45-25-30-19-11-5-12-20-30/h3-22,32-36,38H,23-26H2,1-2H3,(H,39,40)/t32-,33-,34-,35+,36-,38+/m1/s1. The van der Waals surface area contributed by atoms with E-state index in [9.17, 15) is 9.59 Å². The van der Waals surface area contributed by atoms with Gasteiger partial charge in [0.05, 0.1) is 19.8 Å². The summed E-state index contributed by atoms with van der Waals surface area (Å²) < 4.78 is 37.7. The lowest BCUT2D eigenvalue weighted by Crippen LogP contribution is -2.67. The topological polar surface area (TPSA) is 102 Å². The van der Waals surface area contributed by atoms with E-state index < -0.39 is 48.6 Å². The fourth-order valence-electron chi connectivity index (χ4n) is 5.46. The van der Waals surface area contributed by atoms with Crippen molar-refractivity contribution in [2.24, 2.45) is 0 Å². The van der Waals surface area contributed by atoms with Crippen LogP contribution < -0.4 is 5.32 Å². The molecule has 47 heavy (non-hydrogen) atoms. The number of rotatable bonds is 15. The van der Waals surface area contributed by atoms with Crippen molar-refractivity contribution in [1.29, 1.82) is 0 Å². The first-order valence-electron chi connectivity index (χ1n) is 15.6. The zero-order chi connectivity index (χ0) is 32.8. The molecule has 1 fully saturated rings. The van der Waals surface area contributed by atoms with Crippen molar-refractivity contribution >= 4 is 11.9 Å². The van der Waals surface area contributed by atoms with Crippen LogP contribution in [-0.2, 0) is 64.4 Å². The van der Waals surface area contributed by atoms with E-state index in [-0.39, 0.29) is 26.4 Å². The Hall–Kier alpha value is -4.38. The molecule has 1 aliphatic rings. The van der Waals surface area contributed by atoms with Crippen LogP contribution in [-0.4, -0.2) is 55.7 Å². The molecule has 0 unspecified atom stereocenters. The minimum atomic E-state index is -1.24. The van der Waals surface area contributed by atoms with Gasteiger partial charge in [0.2, 0.25) is 5.91 Å². The van der Waals surface area contributed by atoms with E-state index >= 15 is 0 Å². The Labute approximate surface area is 275 Å². The number of hydrogen-bond acceptors (Lipinski definition) is 8. The molecule has 4 aromatic carbocycles. The fourth-order valence-corrected chi connectivity index (χ4v) is 5.46. The summed E-state index contributed by atoms with van der Waals surface area (Å²) in [5.41, 5.74) is 3.60. The molecule has 1 amide bonds. The number of nitrogens with one attached hydrogen (secondary N) is 1. The van der Waals surface area contributed by atoms with Gasteiger partial charge in [-0.3, -0.25) is 4.79 Å². The van der Waals surface area contributed by atoms with Crippen molar-refractivity contribution in [2.45, 2.75) is 70.1 Å². The van der Waals surface area contributed by atoms with Crippen LogP contribution >= 0.6 is 0 Å².